The molecule has 0 aliphatic carbocycles. The minimum Gasteiger partial charge on any atom is -0.494 e. The Morgan fingerprint density at radius 1 is 1.33 bits per heavy atom. The molecule has 1 amide bonds. The topological polar surface area (TPSA) is 41.6 Å². The lowest BCUT2D eigenvalue weighted by Gasteiger charge is -2.39. The minimum absolute atomic E-state index is 0. The maximum absolute atomic E-state index is 13.7. The molecule has 4 nitrogen and oxygen atoms in total. The van der Waals surface area contributed by atoms with E-state index < -0.39 is 0 Å². The van der Waals surface area contributed by atoms with Gasteiger partial charge in [0, 0.05) is 26.1 Å². The highest BCUT2D eigenvalue weighted by Gasteiger charge is 2.37. The average molecular weight is 357 g/mol. The average Bonchev–Trinajstić information content (AvgIpc) is 3.01. The fourth-order valence-corrected chi connectivity index (χ4v) is 3.73. The first-order valence-corrected chi connectivity index (χ1v) is 8.43. The Bertz CT molecular complexity index is 566. The van der Waals surface area contributed by atoms with Crippen molar-refractivity contribution in [2.24, 2.45) is 5.41 Å². The van der Waals surface area contributed by atoms with Crippen LogP contribution in [0.15, 0.2) is 18.2 Å². The number of ether oxygens (including phenoxy) is 1. The molecule has 1 aromatic carbocycles. The molecule has 134 valence electrons. The van der Waals surface area contributed by atoms with Crippen LogP contribution < -0.4 is 10.1 Å². The smallest absolute Gasteiger partial charge is 0.222 e. The Hall–Kier alpha value is -1.33. The number of benzene rings is 1. The molecule has 2 heterocycles. The lowest BCUT2D eigenvalue weighted by Crippen LogP contribution is -2.44. The van der Waals surface area contributed by atoms with Crippen LogP contribution in [0.2, 0.25) is 0 Å². The van der Waals surface area contributed by atoms with Gasteiger partial charge in [-0.1, -0.05) is 6.07 Å². The molecule has 1 N–H and O–H groups in total. The predicted octanol–water partition coefficient (Wildman–Crippen LogP) is 2.79. The van der Waals surface area contributed by atoms with Gasteiger partial charge in [0.05, 0.1) is 7.11 Å². The molecule has 1 aromatic rings. The van der Waals surface area contributed by atoms with Gasteiger partial charge in [-0.25, -0.2) is 4.39 Å². The highest BCUT2D eigenvalue weighted by Crippen LogP contribution is 2.37. The third-order valence-corrected chi connectivity index (χ3v) is 5.35. The highest BCUT2D eigenvalue weighted by molar-refractivity contribution is 5.85. The van der Waals surface area contributed by atoms with Crippen molar-refractivity contribution in [1.82, 2.24) is 10.2 Å². The van der Waals surface area contributed by atoms with Crippen molar-refractivity contribution in [3.05, 3.63) is 29.6 Å². The van der Waals surface area contributed by atoms with Crippen molar-refractivity contribution in [2.75, 3.05) is 33.3 Å². The monoisotopic (exact) mass is 356 g/mol. The second kappa shape index (κ2) is 8.17. The molecule has 0 atom stereocenters. The number of carbonyl (C=O) groups excluding carboxylic acids is 1. The summed E-state index contributed by atoms with van der Waals surface area (Å²) < 4.78 is 18.6. The predicted molar refractivity (Wildman–Crippen MR) is 94.3 cm³/mol. The molecule has 0 bridgehead atoms. The first-order chi connectivity index (χ1) is 11.1. The number of nitrogens with zero attached hydrogens (tertiary/aromatic N) is 1. The SMILES string of the molecule is COc1ccc(CCC(=O)N2CCC3(CCNC3)CC2)cc1F.Cl. The van der Waals surface area contributed by atoms with E-state index in [1.807, 2.05) is 11.0 Å². The maximum Gasteiger partial charge on any atom is 0.222 e. The molecule has 0 unspecified atom stereocenters. The lowest BCUT2D eigenvalue weighted by atomic mass is 9.78. The van der Waals surface area contributed by atoms with Crippen molar-refractivity contribution in [3.63, 3.8) is 0 Å². The molecule has 2 fully saturated rings. The normalized spacial score (nSPS) is 19.2. The van der Waals surface area contributed by atoms with Gasteiger partial charge >= 0.3 is 0 Å². The summed E-state index contributed by atoms with van der Waals surface area (Å²) in [6, 6.07) is 4.90. The van der Waals surface area contributed by atoms with Crippen molar-refractivity contribution in [1.29, 1.82) is 0 Å². The Morgan fingerprint density at radius 3 is 2.67 bits per heavy atom. The summed E-state index contributed by atoms with van der Waals surface area (Å²) in [4.78, 5) is 14.4. The van der Waals surface area contributed by atoms with Gasteiger partial charge < -0.3 is 15.0 Å². The molecule has 0 radical (unpaired) electrons. The number of rotatable bonds is 4. The van der Waals surface area contributed by atoms with Gasteiger partial charge in [0.1, 0.15) is 0 Å². The fraction of sp³-hybridized carbons (Fsp3) is 0.611. The third kappa shape index (κ3) is 4.19. The molecule has 6 heteroatoms. The first-order valence-electron chi connectivity index (χ1n) is 8.43. The Kier molecular flexibility index (Phi) is 6.47. The summed E-state index contributed by atoms with van der Waals surface area (Å²) in [5, 5.41) is 3.44. The van der Waals surface area contributed by atoms with Crippen LogP contribution in [0.25, 0.3) is 0 Å². The maximum atomic E-state index is 13.7. The summed E-state index contributed by atoms with van der Waals surface area (Å²) in [5.41, 5.74) is 1.26. The molecule has 2 aliphatic rings. The van der Waals surface area contributed by atoms with Gasteiger partial charge in [0.2, 0.25) is 5.91 Å². The largest absolute Gasteiger partial charge is 0.494 e. The van der Waals surface area contributed by atoms with E-state index in [0.717, 1.165) is 44.6 Å². The van der Waals surface area contributed by atoms with Crippen molar-refractivity contribution in [2.45, 2.75) is 32.1 Å². The van der Waals surface area contributed by atoms with E-state index in [1.165, 1.54) is 19.6 Å². The van der Waals surface area contributed by atoms with E-state index in [1.54, 1.807) is 6.07 Å². The summed E-state index contributed by atoms with van der Waals surface area (Å²) in [7, 11) is 1.45. The summed E-state index contributed by atoms with van der Waals surface area (Å²) >= 11 is 0. The standard InChI is InChI=1S/C18H25FN2O2.ClH/c1-23-16-4-2-14(12-15(16)19)3-5-17(22)21-10-7-18(8-11-21)6-9-20-13-18;/h2,4,12,20H,3,5-11,13H2,1H3;1H. The molecular weight excluding hydrogens is 331 g/mol. The van der Waals surface area contributed by atoms with E-state index in [0.29, 0.717) is 18.3 Å². The number of piperidine rings is 1. The van der Waals surface area contributed by atoms with E-state index >= 15 is 0 Å². The van der Waals surface area contributed by atoms with E-state index in [2.05, 4.69) is 5.32 Å². The van der Waals surface area contributed by atoms with E-state index in [-0.39, 0.29) is 29.9 Å². The summed E-state index contributed by atoms with van der Waals surface area (Å²) in [6.45, 7) is 3.92. The number of aryl methyl sites for hydroxylation is 1. The Balaban J connectivity index is 0.00000208. The Morgan fingerprint density at radius 2 is 2.08 bits per heavy atom. The molecular formula is C18H26ClFN2O2. The number of methoxy groups -OCH3 is 1. The molecule has 24 heavy (non-hydrogen) atoms. The van der Waals surface area contributed by atoms with Gasteiger partial charge in [-0.2, -0.15) is 0 Å². The number of amides is 1. The number of halogens is 2. The van der Waals surface area contributed by atoms with Crippen molar-refractivity contribution >= 4 is 18.3 Å². The molecule has 0 aromatic heterocycles. The zero-order chi connectivity index (χ0) is 16.3. The van der Waals surface area contributed by atoms with E-state index in [9.17, 15) is 9.18 Å². The highest BCUT2D eigenvalue weighted by atomic mass is 35.5. The number of hydrogen-bond acceptors (Lipinski definition) is 3. The second-order valence-corrected chi connectivity index (χ2v) is 6.78. The van der Waals surface area contributed by atoms with Gasteiger partial charge in [-0.3, -0.25) is 4.79 Å². The van der Waals surface area contributed by atoms with E-state index in [4.69, 9.17) is 4.74 Å². The quantitative estimate of drug-likeness (QED) is 0.902. The van der Waals surface area contributed by atoms with Gasteiger partial charge in [0.25, 0.3) is 0 Å². The van der Waals surface area contributed by atoms with Gasteiger partial charge in [-0.05, 0) is 55.3 Å². The zero-order valence-electron chi connectivity index (χ0n) is 14.1. The van der Waals surface area contributed by atoms with Crippen LogP contribution in [0.1, 0.15) is 31.2 Å². The Labute approximate surface area is 149 Å². The molecule has 3 rings (SSSR count). The second-order valence-electron chi connectivity index (χ2n) is 6.78. The van der Waals surface area contributed by atoms with Crippen LogP contribution in [0.3, 0.4) is 0 Å². The molecule has 2 aliphatic heterocycles. The van der Waals surface area contributed by atoms with Crippen LogP contribution in [0.5, 0.6) is 5.75 Å². The summed E-state index contributed by atoms with van der Waals surface area (Å²) in [5.74, 6) is 0.0553. The summed E-state index contributed by atoms with van der Waals surface area (Å²) in [6.07, 6.45) is 4.45. The number of likely N-dealkylation sites (tertiary alicyclic amines) is 1. The lowest BCUT2D eigenvalue weighted by molar-refractivity contribution is -0.133. The van der Waals surface area contributed by atoms with Crippen molar-refractivity contribution in [3.8, 4) is 5.75 Å². The number of nitrogens with one attached hydrogen (secondary N) is 1. The van der Waals surface area contributed by atoms with Crippen LogP contribution in [0.4, 0.5) is 4.39 Å². The molecule has 1 spiro atoms. The minimum atomic E-state index is -0.369. The molecule has 2 saturated heterocycles. The van der Waals surface area contributed by atoms with Crippen LogP contribution in [-0.4, -0.2) is 44.1 Å². The van der Waals surface area contributed by atoms with Crippen LogP contribution in [0, 0.1) is 11.2 Å². The third-order valence-electron chi connectivity index (χ3n) is 5.35. The van der Waals surface area contributed by atoms with Crippen LogP contribution >= 0.6 is 12.4 Å². The van der Waals surface area contributed by atoms with Gasteiger partial charge in [-0.15, -0.1) is 12.4 Å². The van der Waals surface area contributed by atoms with Crippen LogP contribution in [-0.2, 0) is 11.2 Å². The number of carbonyl (C=O) groups is 1. The van der Waals surface area contributed by atoms with Gasteiger partial charge in [0.15, 0.2) is 11.6 Å². The zero-order valence-corrected chi connectivity index (χ0v) is 15.0. The molecule has 0 saturated carbocycles. The van der Waals surface area contributed by atoms with Crippen molar-refractivity contribution < 1.29 is 13.9 Å². The first kappa shape index (κ1) is 19.0. The number of hydrogen-bond donors (Lipinski definition) is 1. The fourth-order valence-electron chi connectivity index (χ4n) is 3.73.